The predicted octanol–water partition coefficient (Wildman–Crippen LogP) is 3.56. The SMILES string of the molecule is CC(=O)NC[C@H]1CCCCN1C(=O)c1nc(Nc2cc(OC(F)(F)F)ccn2)ccc1C. The number of carbonyl (C=O) groups is 2. The molecule has 0 saturated carbocycles. The molecule has 2 amide bonds. The number of hydrogen-bond acceptors (Lipinski definition) is 6. The minimum Gasteiger partial charge on any atom is -0.406 e. The molecule has 32 heavy (non-hydrogen) atoms. The van der Waals surface area contributed by atoms with Gasteiger partial charge in [0, 0.05) is 38.3 Å². The van der Waals surface area contributed by atoms with E-state index in [4.69, 9.17) is 0 Å². The standard InChI is InChI=1S/C21H24F3N5O3/c1-13-6-7-17(27-18-11-16(8-9-25-18)32-21(22,23)24)28-19(13)20(31)29-10-4-3-5-15(29)12-26-14(2)30/h6-9,11,15H,3-5,10,12H2,1-2H3,(H,26,30)(H,25,27,28)/t15-/m1/s1. The van der Waals surface area contributed by atoms with E-state index in [2.05, 4.69) is 25.3 Å². The normalized spacial score (nSPS) is 16.4. The van der Waals surface area contributed by atoms with Crippen molar-refractivity contribution in [3.63, 3.8) is 0 Å². The Kier molecular flexibility index (Phi) is 7.16. The van der Waals surface area contributed by atoms with Crippen LogP contribution >= 0.6 is 0 Å². The van der Waals surface area contributed by atoms with Crippen molar-refractivity contribution in [1.29, 1.82) is 0 Å². The van der Waals surface area contributed by atoms with Gasteiger partial charge in [-0.3, -0.25) is 9.59 Å². The summed E-state index contributed by atoms with van der Waals surface area (Å²) in [6.07, 6.45) is -1.05. The van der Waals surface area contributed by atoms with Gasteiger partial charge in [-0.1, -0.05) is 6.07 Å². The highest BCUT2D eigenvalue weighted by Gasteiger charge is 2.31. The molecule has 2 N–H and O–H groups in total. The van der Waals surface area contributed by atoms with Gasteiger partial charge in [0.1, 0.15) is 23.1 Å². The number of hydrogen-bond donors (Lipinski definition) is 2. The first-order chi connectivity index (χ1) is 15.1. The molecule has 8 nitrogen and oxygen atoms in total. The molecule has 0 unspecified atom stereocenters. The molecule has 0 spiro atoms. The fraction of sp³-hybridized carbons (Fsp3) is 0.429. The predicted molar refractivity (Wildman–Crippen MR) is 111 cm³/mol. The summed E-state index contributed by atoms with van der Waals surface area (Å²) < 4.78 is 41.3. The van der Waals surface area contributed by atoms with Gasteiger partial charge < -0.3 is 20.3 Å². The quantitative estimate of drug-likeness (QED) is 0.697. The Hall–Kier alpha value is -3.37. The number of rotatable bonds is 6. The summed E-state index contributed by atoms with van der Waals surface area (Å²) in [6.45, 7) is 4.11. The van der Waals surface area contributed by atoms with Crippen molar-refractivity contribution < 1.29 is 27.5 Å². The van der Waals surface area contributed by atoms with Crippen LogP contribution in [0, 0.1) is 6.92 Å². The van der Waals surface area contributed by atoms with Gasteiger partial charge in [-0.05, 0) is 43.9 Å². The second-order valence-corrected chi connectivity index (χ2v) is 7.50. The van der Waals surface area contributed by atoms with Crippen LogP contribution in [-0.2, 0) is 4.79 Å². The summed E-state index contributed by atoms with van der Waals surface area (Å²) in [7, 11) is 0. The number of carbonyl (C=O) groups excluding carboxylic acids is 2. The summed E-state index contributed by atoms with van der Waals surface area (Å²) in [5.41, 5.74) is 0.888. The van der Waals surface area contributed by atoms with Crippen molar-refractivity contribution in [2.75, 3.05) is 18.4 Å². The number of anilines is 2. The van der Waals surface area contributed by atoms with Crippen LogP contribution in [0.4, 0.5) is 24.8 Å². The highest BCUT2D eigenvalue weighted by molar-refractivity contribution is 5.94. The summed E-state index contributed by atoms with van der Waals surface area (Å²) in [6, 6.07) is 5.35. The minimum absolute atomic E-state index is 0.0861. The van der Waals surface area contributed by atoms with E-state index in [0.29, 0.717) is 18.7 Å². The van der Waals surface area contributed by atoms with Crippen LogP contribution in [0.25, 0.3) is 0 Å². The summed E-state index contributed by atoms with van der Waals surface area (Å²) in [4.78, 5) is 34.6. The Balaban J connectivity index is 1.78. The number of aryl methyl sites for hydroxylation is 1. The van der Waals surface area contributed by atoms with E-state index in [1.807, 2.05) is 0 Å². The molecule has 0 radical (unpaired) electrons. The Morgan fingerprint density at radius 1 is 1.22 bits per heavy atom. The zero-order chi connectivity index (χ0) is 23.3. The molecule has 3 heterocycles. The monoisotopic (exact) mass is 451 g/mol. The molecule has 3 rings (SSSR count). The first-order valence-electron chi connectivity index (χ1n) is 10.1. The molecule has 1 aliphatic heterocycles. The largest absolute Gasteiger partial charge is 0.573 e. The van der Waals surface area contributed by atoms with Crippen LogP contribution in [0.15, 0.2) is 30.5 Å². The highest BCUT2D eigenvalue weighted by Crippen LogP contribution is 2.26. The van der Waals surface area contributed by atoms with Crippen LogP contribution in [0.1, 0.15) is 42.2 Å². The van der Waals surface area contributed by atoms with Gasteiger partial charge in [0.05, 0.1) is 0 Å². The van der Waals surface area contributed by atoms with Crippen LogP contribution in [-0.4, -0.2) is 52.2 Å². The van der Waals surface area contributed by atoms with Gasteiger partial charge in [-0.25, -0.2) is 9.97 Å². The molecule has 1 fully saturated rings. The lowest BCUT2D eigenvalue weighted by molar-refractivity contribution is -0.274. The molecule has 0 bridgehead atoms. The molecule has 11 heteroatoms. The Labute approximate surface area is 183 Å². The van der Waals surface area contributed by atoms with Gasteiger partial charge >= 0.3 is 6.36 Å². The van der Waals surface area contributed by atoms with Crippen molar-refractivity contribution in [2.45, 2.75) is 45.5 Å². The molecule has 1 saturated heterocycles. The Bertz CT molecular complexity index is 983. The number of pyridine rings is 2. The maximum Gasteiger partial charge on any atom is 0.573 e. The maximum absolute atomic E-state index is 13.3. The molecule has 172 valence electrons. The number of ether oxygens (including phenoxy) is 1. The van der Waals surface area contributed by atoms with Crippen molar-refractivity contribution in [3.05, 3.63) is 41.7 Å². The van der Waals surface area contributed by atoms with E-state index in [-0.39, 0.29) is 35.2 Å². The second kappa shape index (κ2) is 9.84. The summed E-state index contributed by atoms with van der Waals surface area (Å²) in [5.74, 6) is -0.502. The Morgan fingerprint density at radius 2 is 2.00 bits per heavy atom. The molecule has 0 aromatic carbocycles. The van der Waals surface area contributed by atoms with E-state index in [0.717, 1.165) is 31.4 Å². The number of halogens is 3. The van der Waals surface area contributed by atoms with Gasteiger partial charge in [-0.2, -0.15) is 0 Å². The third kappa shape index (κ3) is 6.32. The number of nitrogens with one attached hydrogen (secondary N) is 2. The summed E-state index contributed by atoms with van der Waals surface area (Å²) in [5, 5.41) is 5.58. The number of piperidine rings is 1. The van der Waals surface area contributed by atoms with Crippen molar-refractivity contribution >= 4 is 23.5 Å². The first-order valence-corrected chi connectivity index (χ1v) is 10.1. The molecule has 1 aliphatic rings. The third-order valence-corrected chi connectivity index (χ3v) is 5.00. The average molecular weight is 451 g/mol. The van der Waals surface area contributed by atoms with Crippen LogP contribution in [0.2, 0.25) is 0 Å². The van der Waals surface area contributed by atoms with Crippen molar-refractivity contribution in [2.24, 2.45) is 0 Å². The van der Waals surface area contributed by atoms with E-state index in [9.17, 15) is 22.8 Å². The van der Waals surface area contributed by atoms with Crippen LogP contribution in [0.5, 0.6) is 5.75 Å². The van der Waals surface area contributed by atoms with E-state index >= 15 is 0 Å². The summed E-state index contributed by atoms with van der Waals surface area (Å²) >= 11 is 0. The van der Waals surface area contributed by atoms with E-state index < -0.39 is 12.1 Å². The third-order valence-electron chi connectivity index (χ3n) is 5.00. The molecular weight excluding hydrogens is 427 g/mol. The van der Waals surface area contributed by atoms with Crippen LogP contribution in [0.3, 0.4) is 0 Å². The minimum atomic E-state index is -4.82. The number of aromatic nitrogens is 2. The van der Waals surface area contributed by atoms with Gasteiger partial charge in [-0.15, -0.1) is 13.2 Å². The average Bonchev–Trinajstić information content (AvgIpc) is 2.72. The fourth-order valence-corrected chi connectivity index (χ4v) is 3.50. The van der Waals surface area contributed by atoms with Crippen LogP contribution < -0.4 is 15.4 Å². The number of likely N-dealkylation sites (tertiary alicyclic amines) is 1. The number of nitrogens with zero attached hydrogens (tertiary/aromatic N) is 3. The fourth-order valence-electron chi connectivity index (χ4n) is 3.50. The second-order valence-electron chi connectivity index (χ2n) is 7.50. The van der Waals surface area contributed by atoms with Gasteiger partial charge in [0.25, 0.3) is 5.91 Å². The van der Waals surface area contributed by atoms with Gasteiger partial charge in [0.2, 0.25) is 5.91 Å². The zero-order valence-electron chi connectivity index (χ0n) is 17.7. The lowest BCUT2D eigenvalue weighted by atomic mass is 10.0. The first kappa shape index (κ1) is 23.3. The smallest absolute Gasteiger partial charge is 0.406 e. The molecule has 0 aliphatic carbocycles. The topological polar surface area (TPSA) is 96.5 Å². The number of alkyl halides is 3. The molecule has 1 atom stereocenters. The lowest BCUT2D eigenvalue weighted by Gasteiger charge is -2.36. The maximum atomic E-state index is 13.3. The zero-order valence-corrected chi connectivity index (χ0v) is 17.7. The van der Waals surface area contributed by atoms with Crippen molar-refractivity contribution in [1.82, 2.24) is 20.2 Å². The van der Waals surface area contributed by atoms with E-state index in [1.165, 1.54) is 13.1 Å². The lowest BCUT2D eigenvalue weighted by Crippen LogP contribution is -2.49. The van der Waals surface area contributed by atoms with E-state index in [1.54, 1.807) is 24.0 Å². The highest BCUT2D eigenvalue weighted by atomic mass is 19.4. The molecular formula is C21H24F3N5O3. The van der Waals surface area contributed by atoms with Gasteiger partial charge in [0.15, 0.2) is 0 Å². The molecule has 2 aromatic heterocycles. The number of amides is 2. The van der Waals surface area contributed by atoms with Crippen molar-refractivity contribution in [3.8, 4) is 5.75 Å². The molecule has 2 aromatic rings. The Morgan fingerprint density at radius 3 is 2.72 bits per heavy atom.